The Labute approximate surface area is 93.2 Å². The van der Waals surface area contributed by atoms with Crippen molar-refractivity contribution in [2.45, 2.75) is 46.1 Å². The summed E-state index contributed by atoms with van der Waals surface area (Å²) in [6, 6.07) is 0.386. The van der Waals surface area contributed by atoms with Crippen LogP contribution in [0, 0.1) is 5.92 Å². The molecule has 0 aromatic carbocycles. The molecule has 0 saturated carbocycles. The fourth-order valence-corrected chi connectivity index (χ4v) is 2.21. The normalized spacial score (nSPS) is 22.7. The molecule has 1 aliphatic heterocycles. The van der Waals surface area contributed by atoms with Gasteiger partial charge in [-0.1, -0.05) is 6.92 Å². The Balaban J connectivity index is 2.41. The van der Waals surface area contributed by atoms with Gasteiger partial charge in [-0.15, -0.1) is 0 Å². The number of nitrogens with zero attached hydrogens (tertiary/aromatic N) is 1. The van der Waals surface area contributed by atoms with E-state index >= 15 is 0 Å². The van der Waals surface area contributed by atoms with E-state index in [-0.39, 0.29) is 0 Å². The second kappa shape index (κ2) is 6.11. The maximum Gasteiger partial charge on any atom is 0.223 e. The molecule has 15 heavy (non-hydrogen) atoms. The molecule has 0 radical (unpaired) electrons. The number of carbonyl (C=O) groups is 1. The molecular weight excluding hydrogens is 188 g/mol. The number of hydrogen-bond acceptors (Lipinski definition) is 2. The van der Waals surface area contributed by atoms with Gasteiger partial charge in [0.25, 0.3) is 0 Å². The first-order chi connectivity index (χ1) is 7.19. The molecule has 3 nitrogen and oxygen atoms in total. The summed E-state index contributed by atoms with van der Waals surface area (Å²) < 4.78 is 0. The van der Waals surface area contributed by atoms with Crippen LogP contribution in [-0.4, -0.2) is 36.5 Å². The molecule has 1 heterocycles. The van der Waals surface area contributed by atoms with E-state index in [1.807, 2.05) is 4.90 Å². The summed E-state index contributed by atoms with van der Waals surface area (Å²) in [5.41, 5.74) is 0. The summed E-state index contributed by atoms with van der Waals surface area (Å²) in [6.45, 7) is 9.27. The summed E-state index contributed by atoms with van der Waals surface area (Å²) >= 11 is 0. The van der Waals surface area contributed by atoms with Gasteiger partial charge in [-0.2, -0.15) is 0 Å². The summed E-state index contributed by atoms with van der Waals surface area (Å²) in [7, 11) is 0. The van der Waals surface area contributed by atoms with Crippen LogP contribution in [0.15, 0.2) is 0 Å². The predicted molar refractivity (Wildman–Crippen MR) is 62.7 cm³/mol. The van der Waals surface area contributed by atoms with E-state index in [1.54, 1.807) is 0 Å². The Morgan fingerprint density at radius 1 is 1.53 bits per heavy atom. The van der Waals surface area contributed by atoms with Crippen molar-refractivity contribution < 1.29 is 4.79 Å². The molecule has 1 saturated heterocycles. The average Bonchev–Trinajstić information content (AvgIpc) is 2.71. The molecule has 0 aromatic rings. The van der Waals surface area contributed by atoms with Crippen LogP contribution < -0.4 is 5.32 Å². The molecule has 0 aliphatic carbocycles. The number of amides is 1. The topological polar surface area (TPSA) is 32.3 Å². The lowest BCUT2D eigenvalue weighted by Crippen LogP contribution is -2.39. The van der Waals surface area contributed by atoms with Crippen LogP contribution in [0.25, 0.3) is 0 Å². The minimum atomic E-state index is 0.334. The van der Waals surface area contributed by atoms with E-state index in [0.29, 0.717) is 17.9 Å². The molecule has 2 unspecified atom stereocenters. The lowest BCUT2D eigenvalue weighted by atomic mass is 10.0. The largest absolute Gasteiger partial charge is 0.340 e. The van der Waals surface area contributed by atoms with Gasteiger partial charge in [-0.05, 0) is 45.7 Å². The predicted octanol–water partition coefficient (Wildman–Crippen LogP) is 1.63. The van der Waals surface area contributed by atoms with Crippen molar-refractivity contribution in [3.63, 3.8) is 0 Å². The molecule has 88 valence electrons. The van der Waals surface area contributed by atoms with Gasteiger partial charge < -0.3 is 10.2 Å². The van der Waals surface area contributed by atoms with Gasteiger partial charge in [-0.25, -0.2) is 0 Å². The van der Waals surface area contributed by atoms with Crippen LogP contribution in [0.5, 0.6) is 0 Å². The van der Waals surface area contributed by atoms with Crippen molar-refractivity contribution in [1.29, 1.82) is 0 Å². The summed E-state index contributed by atoms with van der Waals surface area (Å²) in [4.78, 5) is 14.0. The number of hydrogen-bond donors (Lipinski definition) is 1. The molecule has 0 bridgehead atoms. The van der Waals surface area contributed by atoms with Crippen LogP contribution >= 0.6 is 0 Å². The van der Waals surface area contributed by atoms with Gasteiger partial charge in [0.15, 0.2) is 0 Å². The molecule has 1 amide bonds. The number of rotatable bonds is 5. The minimum absolute atomic E-state index is 0.334. The van der Waals surface area contributed by atoms with Crippen molar-refractivity contribution >= 4 is 5.91 Å². The quantitative estimate of drug-likeness (QED) is 0.751. The number of nitrogens with one attached hydrogen (secondary N) is 1. The Bertz CT molecular complexity index is 200. The minimum Gasteiger partial charge on any atom is -0.340 e. The van der Waals surface area contributed by atoms with Gasteiger partial charge in [0.1, 0.15) is 0 Å². The van der Waals surface area contributed by atoms with Crippen LogP contribution in [0.1, 0.15) is 40.0 Å². The highest BCUT2D eigenvalue weighted by atomic mass is 16.2. The SMILES string of the molecule is CCC(C)N(CC)C(=O)CC1CCNC1. The van der Waals surface area contributed by atoms with Gasteiger partial charge in [0, 0.05) is 19.0 Å². The maximum atomic E-state index is 12.0. The van der Waals surface area contributed by atoms with Crippen LogP contribution in [0.4, 0.5) is 0 Å². The van der Waals surface area contributed by atoms with Crippen LogP contribution in [-0.2, 0) is 4.79 Å². The monoisotopic (exact) mass is 212 g/mol. The van der Waals surface area contributed by atoms with E-state index in [4.69, 9.17) is 0 Å². The first kappa shape index (κ1) is 12.5. The standard InChI is InChI=1S/C12H24N2O/c1-4-10(3)14(5-2)12(15)8-11-6-7-13-9-11/h10-11,13H,4-9H2,1-3H3. The smallest absolute Gasteiger partial charge is 0.223 e. The Kier molecular flexibility index (Phi) is 5.09. The van der Waals surface area contributed by atoms with Gasteiger partial charge >= 0.3 is 0 Å². The first-order valence-electron chi connectivity index (χ1n) is 6.19. The molecule has 0 spiro atoms. The Morgan fingerprint density at radius 3 is 2.73 bits per heavy atom. The van der Waals surface area contributed by atoms with E-state index in [9.17, 15) is 4.79 Å². The first-order valence-corrected chi connectivity index (χ1v) is 6.19. The van der Waals surface area contributed by atoms with Gasteiger partial charge in [0.05, 0.1) is 0 Å². The molecule has 0 aromatic heterocycles. The van der Waals surface area contributed by atoms with E-state index in [2.05, 4.69) is 26.1 Å². The van der Waals surface area contributed by atoms with E-state index in [1.165, 1.54) is 0 Å². The third-order valence-electron chi connectivity index (χ3n) is 3.41. The van der Waals surface area contributed by atoms with Crippen LogP contribution in [0.2, 0.25) is 0 Å². The summed E-state index contributed by atoms with van der Waals surface area (Å²) in [5, 5.41) is 3.31. The fraction of sp³-hybridized carbons (Fsp3) is 0.917. The van der Waals surface area contributed by atoms with Crippen molar-refractivity contribution in [1.82, 2.24) is 10.2 Å². The molecule has 3 heteroatoms. The Hall–Kier alpha value is -0.570. The highest BCUT2D eigenvalue weighted by molar-refractivity contribution is 5.76. The molecule has 1 rings (SSSR count). The second-order valence-corrected chi connectivity index (χ2v) is 4.50. The number of carbonyl (C=O) groups excluding carboxylic acids is 1. The van der Waals surface area contributed by atoms with Crippen LogP contribution in [0.3, 0.4) is 0 Å². The third-order valence-corrected chi connectivity index (χ3v) is 3.41. The highest BCUT2D eigenvalue weighted by Gasteiger charge is 2.23. The highest BCUT2D eigenvalue weighted by Crippen LogP contribution is 2.15. The fourth-order valence-electron chi connectivity index (χ4n) is 2.21. The van der Waals surface area contributed by atoms with Crippen molar-refractivity contribution in [2.24, 2.45) is 5.92 Å². The summed E-state index contributed by atoms with van der Waals surface area (Å²) in [6.07, 6.45) is 2.93. The van der Waals surface area contributed by atoms with Gasteiger partial charge in [0.2, 0.25) is 5.91 Å². The van der Waals surface area contributed by atoms with Crippen molar-refractivity contribution in [3.05, 3.63) is 0 Å². The molecule has 2 atom stereocenters. The zero-order valence-electron chi connectivity index (χ0n) is 10.3. The van der Waals surface area contributed by atoms with Crippen molar-refractivity contribution in [3.8, 4) is 0 Å². The van der Waals surface area contributed by atoms with Crippen molar-refractivity contribution in [2.75, 3.05) is 19.6 Å². The Morgan fingerprint density at radius 2 is 2.27 bits per heavy atom. The molecule has 1 N–H and O–H groups in total. The van der Waals surface area contributed by atoms with E-state index < -0.39 is 0 Å². The lowest BCUT2D eigenvalue weighted by Gasteiger charge is -2.28. The summed E-state index contributed by atoms with van der Waals surface area (Å²) in [5.74, 6) is 0.899. The average molecular weight is 212 g/mol. The second-order valence-electron chi connectivity index (χ2n) is 4.50. The van der Waals surface area contributed by atoms with Gasteiger partial charge in [-0.3, -0.25) is 4.79 Å². The molecule has 1 aliphatic rings. The lowest BCUT2D eigenvalue weighted by molar-refractivity contribution is -0.133. The zero-order valence-corrected chi connectivity index (χ0v) is 10.3. The molecule has 1 fully saturated rings. The third kappa shape index (κ3) is 3.49. The molecular formula is C12H24N2O. The maximum absolute atomic E-state index is 12.0. The zero-order chi connectivity index (χ0) is 11.3. The van der Waals surface area contributed by atoms with E-state index in [0.717, 1.165) is 38.9 Å².